The van der Waals surface area contributed by atoms with Gasteiger partial charge in [0.2, 0.25) is 10.0 Å². The minimum atomic E-state index is -3.53. The van der Waals surface area contributed by atoms with Crippen LogP contribution in [-0.2, 0) is 10.0 Å². The van der Waals surface area contributed by atoms with E-state index >= 15 is 0 Å². The number of hydrogen-bond donors (Lipinski definition) is 2. The van der Waals surface area contributed by atoms with Crippen molar-refractivity contribution in [2.45, 2.75) is 30.3 Å². The Hall–Kier alpha value is -1.11. The highest BCUT2D eigenvalue weighted by Crippen LogP contribution is 2.45. The Balaban J connectivity index is 1.84. The Morgan fingerprint density at radius 3 is 2.47 bits per heavy atom. The third kappa shape index (κ3) is 2.13. The molecule has 2 fully saturated rings. The molecule has 0 aromatic heterocycles. The second kappa shape index (κ2) is 3.94. The Kier molecular flexibility index (Phi) is 2.68. The number of anilines is 1. The molecule has 0 amide bonds. The van der Waals surface area contributed by atoms with Crippen LogP contribution < -0.4 is 5.73 Å². The number of rotatable bonds is 3. The molecule has 19 heavy (non-hydrogen) atoms. The number of aliphatic hydroxyl groups is 1. The molecule has 3 rings (SSSR count). The van der Waals surface area contributed by atoms with Gasteiger partial charge in [-0.05, 0) is 49.4 Å². The Morgan fingerprint density at radius 1 is 1.32 bits per heavy atom. The van der Waals surface area contributed by atoms with Gasteiger partial charge >= 0.3 is 0 Å². The molecule has 0 unspecified atom stereocenters. The summed E-state index contributed by atoms with van der Waals surface area (Å²) < 4.78 is 26.2. The fourth-order valence-electron chi connectivity index (χ4n) is 2.69. The lowest BCUT2D eigenvalue weighted by molar-refractivity contribution is -0.0764. The van der Waals surface area contributed by atoms with E-state index in [1.807, 2.05) is 6.92 Å². The van der Waals surface area contributed by atoms with Gasteiger partial charge < -0.3 is 10.8 Å². The normalized spacial score (nSPS) is 23.1. The second-order valence-corrected chi connectivity index (χ2v) is 7.67. The van der Waals surface area contributed by atoms with Gasteiger partial charge in [-0.3, -0.25) is 0 Å². The highest BCUT2D eigenvalue weighted by molar-refractivity contribution is 7.89. The average Bonchev–Trinajstić information content (AvgIpc) is 3.07. The lowest BCUT2D eigenvalue weighted by atomic mass is 9.91. The Bertz CT molecular complexity index is 597. The van der Waals surface area contributed by atoms with Crippen LogP contribution in [0.5, 0.6) is 0 Å². The number of sulfonamides is 1. The van der Waals surface area contributed by atoms with E-state index in [1.165, 1.54) is 10.4 Å². The van der Waals surface area contributed by atoms with Gasteiger partial charge in [-0.15, -0.1) is 0 Å². The van der Waals surface area contributed by atoms with E-state index < -0.39 is 15.6 Å². The minimum Gasteiger partial charge on any atom is -0.399 e. The summed E-state index contributed by atoms with van der Waals surface area (Å²) in [6.45, 7) is 2.22. The molecule has 104 valence electrons. The average molecular weight is 282 g/mol. The predicted molar refractivity (Wildman–Crippen MR) is 72.0 cm³/mol. The topological polar surface area (TPSA) is 83.6 Å². The molecule has 3 N–H and O–H groups in total. The minimum absolute atomic E-state index is 0.202. The molecule has 1 saturated heterocycles. The highest BCUT2D eigenvalue weighted by Gasteiger charge is 2.55. The number of hydrogen-bond acceptors (Lipinski definition) is 4. The molecule has 0 spiro atoms. The molecule has 5 nitrogen and oxygen atoms in total. The maximum absolute atomic E-state index is 12.4. The Labute approximate surface area is 113 Å². The first-order chi connectivity index (χ1) is 8.81. The third-order valence-corrected chi connectivity index (χ3v) is 5.72. The van der Waals surface area contributed by atoms with Gasteiger partial charge in [0.15, 0.2) is 0 Å². The fourth-order valence-corrected chi connectivity index (χ4v) is 4.39. The monoisotopic (exact) mass is 282 g/mol. The van der Waals surface area contributed by atoms with Crippen molar-refractivity contribution >= 4 is 15.7 Å². The first-order valence-electron chi connectivity index (χ1n) is 6.41. The molecule has 1 saturated carbocycles. The van der Waals surface area contributed by atoms with Crippen molar-refractivity contribution in [2.75, 3.05) is 18.8 Å². The third-order valence-electron chi connectivity index (χ3n) is 3.95. The van der Waals surface area contributed by atoms with E-state index in [9.17, 15) is 13.5 Å². The molecule has 0 atom stereocenters. The van der Waals surface area contributed by atoms with E-state index in [2.05, 4.69) is 0 Å². The van der Waals surface area contributed by atoms with Crippen molar-refractivity contribution in [3.05, 3.63) is 23.8 Å². The van der Waals surface area contributed by atoms with Gasteiger partial charge in [0, 0.05) is 18.8 Å². The van der Waals surface area contributed by atoms with Crippen LogP contribution in [0.25, 0.3) is 0 Å². The van der Waals surface area contributed by atoms with E-state index in [0.717, 1.165) is 18.4 Å². The van der Waals surface area contributed by atoms with Crippen LogP contribution in [0, 0.1) is 12.8 Å². The predicted octanol–water partition coefficient (Wildman–Crippen LogP) is 0.723. The molecule has 0 bridgehead atoms. The Morgan fingerprint density at radius 2 is 1.95 bits per heavy atom. The van der Waals surface area contributed by atoms with Gasteiger partial charge in [-0.2, -0.15) is 4.31 Å². The van der Waals surface area contributed by atoms with Gasteiger partial charge in [0.05, 0.1) is 10.5 Å². The summed E-state index contributed by atoms with van der Waals surface area (Å²) in [7, 11) is -3.53. The summed E-state index contributed by atoms with van der Waals surface area (Å²) in [4.78, 5) is 0.211. The first-order valence-corrected chi connectivity index (χ1v) is 7.85. The lowest BCUT2D eigenvalue weighted by Gasteiger charge is -2.45. The number of nitrogen functional groups attached to an aromatic ring is 1. The fraction of sp³-hybridized carbons (Fsp3) is 0.538. The largest absolute Gasteiger partial charge is 0.399 e. The number of β-amino-alcohol motifs (C(OH)–C–C–N with tert-alkyl or cyclic N) is 1. The highest BCUT2D eigenvalue weighted by atomic mass is 32.2. The number of nitrogens with zero attached hydrogens (tertiary/aromatic N) is 1. The summed E-state index contributed by atoms with van der Waals surface area (Å²) in [5.74, 6) is 0.279. The quantitative estimate of drug-likeness (QED) is 0.800. The molecule has 1 aromatic rings. The van der Waals surface area contributed by atoms with Gasteiger partial charge in [-0.25, -0.2) is 8.42 Å². The van der Waals surface area contributed by atoms with Crippen LogP contribution >= 0.6 is 0 Å². The zero-order valence-electron chi connectivity index (χ0n) is 10.8. The molecular formula is C13H18N2O3S. The van der Waals surface area contributed by atoms with Crippen LogP contribution in [0.3, 0.4) is 0 Å². The molecule has 1 aliphatic heterocycles. The van der Waals surface area contributed by atoms with Crippen LogP contribution in [0.15, 0.2) is 23.1 Å². The van der Waals surface area contributed by atoms with Crippen molar-refractivity contribution in [3.63, 3.8) is 0 Å². The maximum atomic E-state index is 12.4. The standard InChI is InChI=1S/C13H18N2O3S/c1-9-4-11(14)6-12(5-9)19(17,18)15-7-13(16,8-15)10-2-3-10/h4-6,10,16H,2-3,7-8,14H2,1H3. The molecule has 1 aromatic carbocycles. The summed E-state index contributed by atoms with van der Waals surface area (Å²) in [5, 5.41) is 10.2. The van der Waals surface area contributed by atoms with Gasteiger partial charge in [0.25, 0.3) is 0 Å². The smallest absolute Gasteiger partial charge is 0.243 e. The summed E-state index contributed by atoms with van der Waals surface area (Å²) in [5.41, 5.74) is 6.15. The van der Waals surface area contributed by atoms with Crippen LogP contribution in [-0.4, -0.2) is 36.5 Å². The number of benzene rings is 1. The summed E-state index contributed by atoms with van der Waals surface area (Å²) >= 11 is 0. The molecular weight excluding hydrogens is 264 g/mol. The zero-order chi connectivity index (χ0) is 13.8. The van der Waals surface area contributed by atoms with Crippen LogP contribution in [0.1, 0.15) is 18.4 Å². The lowest BCUT2D eigenvalue weighted by Crippen LogP contribution is -2.64. The molecule has 1 heterocycles. The van der Waals surface area contributed by atoms with Crippen molar-refractivity contribution in [2.24, 2.45) is 5.92 Å². The SMILES string of the molecule is Cc1cc(N)cc(S(=O)(=O)N2CC(O)(C3CC3)C2)c1. The van der Waals surface area contributed by atoms with Crippen molar-refractivity contribution in [1.82, 2.24) is 4.31 Å². The zero-order valence-corrected chi connectivity index (χ0v) is 11.7. The van der Waals surface area contributed by atoms with Crippen LogP contribution in [0.4, 0.5) is 5.69 Å². The van der Waals surface area contributed by atoms with E-state index in [4.69, 9.17) is 5.73 Å². The van der Waals surface area contributed by atoms with E-state index in [0.29, 0.717) is 5.69 Å². The summed E-state index contributed by atoms with van der Waals surface area (Å²) in [6.07, 6.45) is 2.00. The van der Waals surface area contributed by atoms with Crippen molar-refractivity contribution in [1.29, 1.82) is 0 Å². The molecule has 6 heteroatoms. The van der Waals surface area contributed by atoms with E-state index in [-0.39, 0.29) is 23.9 Å². The van der Waals surface area contributed by atoms with Crippen molar-refractivity contribution < 1.29 is 13.5 Å². The summed E-state index contributed by atoms with van der Waals surface area (Å²) in [6, 6.07) is 4.81. The van der Waals surface area contributed by atoms with E-state index in [1.54, 1.807) is 12.1 Å². The number of nitrogens with two attached hydrogens (primary N) is 1. The molecule has 1 aliphatic carbocycles. The maximum Gasteiger partial charge on any atom is 0.243 e. The van der Waals surface area contributed by atoms with Crippen molar-refractivity contribution in [3.8, 4) is 0 Å². The van der Waals surface area contributed by atoms with Crippen LogP contribution in [0.2, 0.25) is 0 Å². The number of aryl methyl sites for hydroxylation is 1. The first kappa shape index (κ1) is 12.9. The van der Waals surface area contributed by atoms with Gasteiger partial charge in [-0.1, -0.05) is 0 Å². The van der Waals surface area contributed by atoms with Gasteiger partial charge in [0.1, 0.15) is 0 Å². The second-order valence-electron chi connectivity index (χ2n) is 5.73. The molecule has 2 aliphatic rings. The molecule has 0 radical (unpaired) electrons.